The minimum atomic E-state index is -2.09. The lowest BCUT2D eigenvalue weighted by Crippen LogP contribution is -2.62. The van der Waals surface area contributed by atoms with Crippen LogP contribution in [0.15, 0.2) is 39.5 Å². The van der Waals surface area contributed by atoms with Gasteiger partial charge >= 0.3 is 5.97 Å². The van der Waals surface area contributed by atoms with E-state index < -0.39 is 97.2 Å². The van der Waals surface area contributed by atoms with Crippen molar-refractivity contribution in [1.29, 1.82) is 0 Å². The standard InChI is InChI=1S/C29H32O17/c1-11(31)41-8-20-22(36)23(37)25(46-28-26(38)29(39,9-30)10-42-28)27(45-20)43-13-5-14(32)21-15(33)7-18(44-19(21)6-13)12-3-16(34)24(40-2)17(35)4-12/h3-7,20,22-23,25-28,30,32,34-39H,8-10H2,1-2H3/t20?,22-,23+,25?,26-,27-,28+,29?/m1/s1. The van der Waals surface area contributed by atoms with Gasteiger partial charge in [-0.3, -0.25) is 9.59 Å². The molecule has 5 rings (SSSR count). The Bertz CT molecular complexity index is 1630. The van der Waals surface area contributed by atoms with Crippen LogP contribution in [0, 0.1) is 0 Å². The van der Waals surface area contributed by atoms with Crippen LogP contribution < -0.4 is 14.9 Å². The number of fused-ring (bicyclic) bond motifs is 1. The van der Waals surface area contributed by atoms with Gasteiger partial charge in [-0.1, -0.05) is 0 Å². The lowest BCUT2D eigenvalue weighted by molar-refractivity contribution is -0.319. The van der Waals surface area contributed by atoms with Crippen LogP contribution in [-0.2, 0) is 23.7 Å². The number of hydrogen-bond donors (Lipinski definition) is 8. The highest BCUT2D eigenvalue weighted by Gasteiger charge is 2.53. The van der Waals surface area contributed by atoms with Gasteiger partial charge in [0.05, 0.1) is 20.3 Å². The summed E-state index contributed by atoms with van der Waals surface area (Å²) in [5.74, 6) is -2.76. The molecule has 3 heterocycles. The number of carbonyl (C=O) groups is 1. The van der Waals surface area contributed by atoms with E-state index in [-0.39, 0.29) is 33.8 Å². The first-order chi connectivity index (χ1) is 21.8. The predicted molar refractivity (Wildman–Crippen MR) is 150 cm³/mol. The average molecular weight is 653 g/mol. The fourth-order valence-electron chi connectivity index (χ4n) is 5.08. The van der Waals surface area contributed by atoms with E-state index in [4.69, 9.17) is 32.8 Å². The molecule has 0 spiro atoms. The van der Waals surface area contributed by atoms with Crippen LogP contribution in [0.4, 0.5) is 0 Å². The second-order valence-electron chi connectivity index (χ2n) is 10.8. The monoisotopic (exact) mass is 652 g/mol. The van der Waals surface area contributed by atoms with Crippen molar-refractivity contribution in [3.8, 4) is 40.1 Å². The Labute approximate surface area is 258 Å². The van der Waals surface area contributed by atoms with Crippen LogP contribution in [0.3, 0.4) is 0 Å². The number of carbonyl (C=O) groups excluding carboxylic acids is 1. The molecule has 2 aliphatic heterocycles. The molecule has 3 unspecified atom stereocenters. The van der Waals surface area contributed by atoms with Gasteiger partial charge in [-0.25, -0.2) is 0 Å². The van der Waals surface area contributed by atoms with Gasteiger partial charge < -0.3 is 73.7 Å². The van der Waals surface area contributed by atoms with Gasteiger partial charge in [0.2, 0.25) is 12.0 Å². The van der Waals surface area contributed by atoms with E-state index in [1.807, 2.05) is 0 Å². The van der Waals surface area contributed by atoms with Crippen molar-refractivity contribution < 1.29 is 78.5 Å². The average Bonchev–Trinajstić information content (AvgIpc) is 3.28. The first-order valence-corrected chi connectivity index (χ1v) is 13.8. The normalized spacial score (nSPS) is 29.5. The Morgan fingerprint density at radius 3 is 2.30 bits per heavy atom. The molecule has 3 aromatic rings. The Balaban J connectivity index is 1.50. The number of ether oxygens (including phenoxy) is 6. The van der Waals surface area contributed by atoms with Gasteiger partial charge in [-0.2, -0.15) is 0 Å². The Morgan fingerprint density at radius 2 is 1.70 bits per heavy atom. The molecule has 1 aromatic heterocycles. The molecule has 46 heavy (non-hydrogen) atoms. The molecule has 2 aromatic carbocycles. The van der Waals surface area contributed by atoms with E-state index in [0.29, 0.717) is 0 Å². The van der Waals surface area contributed by atoms with Crippen LogP contribution in [0.5, 0.6) is 28.7 Å². The third-order valence-corrected chi connectivity index (χ3v) is 7.54. The highest BCUT2D eigenvalue weighted by Crippen LogP contribution is 2.41. The first kappa shape index (κ1) is 33.2. The SMILES string of the molecule is COc1c(O)cc(-c2cc(=O)c3c(O)cc(O[C@@H]4OC(COC(C)=O)[C@@H](O)[C@H](O)C4O[C@@H]4OCC(O)(CO)[C@@H]4O)cc3o2)cc1O. The molecule has 0 bridgehead atoms. The van der Waals surface area contributed by atoms with E-state index in [9.17, 15) is 50.4 Å². The number of phenols is 3. The topological polar surface area (TPSA) is 264 Å². The lowest BCUT2D eigenvalue weighted by Gasteiger charge is -2.42. The van der Waals surface area contributed by atoms with Gasteiger partial charge in [0, 0.05) is 30.7 Å². The van der Waals surface area contributed by atoms with Gasteiger partial charge in [0.25, 0.3) is 0 Å². The van der Waals surface area contributed by atoms with E-state index in [1.165, 1.54) is 25.3 Å². The molecular formula is C29H32O17. The summed E-state index contributed by atoms with van der Waals surface area (Å²) in [6.45, 7) is -0.827. The molecule has 17 heteroatoms. The third-order valence-electron chi connectivity index (χ3n) is 7.54. The molecule has 8 atom stereocenters. The Hall–Kier alpha value is -4.20. The number of aliphatic hydroxyl groups excluding tert-OH is 4. The number of methoxy groups -OCH3 is 1. The Kier molecular flexibility index (Phi) is 9.30. The number of aromatic hydroxyl groups is 3. The highest BCUT2D eigenvalue weighted by molar-refractivity contribution is 5.86. The largest absolute Gasteiger partial charge is 0.507 e. The van der Waals surface area contributed by atoms with Crippen molar-refractivity contribution in [2.75, 3.05) is 26.9 Å². The van der Waals surface area contributed by atoms with Crippen LogP contribution >= 0.6 is 0 Å². The fourth-order valence-corrected chi connectivity index (χ4v) is 5.08. The zero-order valence-corrected chi connectivity index (χ0v) is 24.3. The highest BCUT2D eigenvalue weighted by atomic mass is 16.8. The molecule has 0 amide bonds. The molecule has 0 saturated carbocycles. The zero-order chi connectivity index (χ0) is 33.5. The third kappa shape index (κ3) is 6.26. The summed E-state index contributed by atoms with van der Waals surface area (Å²) in [6.07, 6.45) is -11.7. The molecule has 250 valence electrons. The number of hydrogen-bond acceptors (Lipinski definition) is 17. The molecule has 2 aliphatic rings. The first-order valence-electron chi connectivity index (χ1n) is 13.8. The number of rotatable bonds is 9. The summed E-state index contributed by atoms with van der Waals surface area (Å²) < 4.78 is 38.2. The molecule has 17 nitrogen and oxygen atoms in total. The molecule has 2 saturated heterocycles. The van der Waals surface area contributed by atoms with Crippen molar-refractivity contribution in [3.63, 3.8) is 0 Å². The van der Waals surface area contributed by atoms with Crippen molar-refractivity contribution in [1.82, 2.24) is 0 Å². The zero-order valence-electron chi connectivity index (χ0n) is 24.3. The quantitative estimate of drug-likeness (QED) is 0.126. The van der Waals surface area contributed by atoms with Gasteiger partial charge in [-0.05, 0) is 12.1 Å². The maximum atomic E-state index is 13.0. The van der Waals surface area contributed by atoms with E-state index in [1.54, 1.807) is 0 Å². The van der Waals surface area contributed by atoms with Gasteiger partial charge in [0.15, 0.2) is 29.3 Å². The second kappa shape index (κ2) is 12.9. The number of aliphatic hydroxyl groups is 5. The van der Waals surface area contributed by atoms with Gasteiger partial charge in [-0.15, -0.1) is 0 Å². The maximum Gasteiger partial charge on any atom is 0.302 e. The summed E-state index contributed by atoms with van der Waals surface area (Å²) >= 11 is 0. The maximum absolute atomic E-state index is 13.0. The van der Waals surface area contributed by atoms with Crippen molar-refractivity contribution in [3.05, 3.63) is 40.6 Å². The summed E-state index contributed by atoms with van der Waals surface area (Å²) in [6, 6.07) is 5.57. The summed E-state index contributed by atoms with van der Waals surface area (Å²) in [7, 11) is 1.23. The van der Waals surface area contributed by atoms with E-state index >= 15 is 0 Å². The second-order valence-corrected chi connectivity index (χ2v) is 10.8. The van der Waals surface area contributed by atoms with Crippen LogP contribution in [0.25, 0.3) is 22.3 Å². The summed E-state index contributed by atoms with van der Waals surface area (Å²) in [5, 5.41) is 82.8. The number of phenolic OH excluding ortho intramolecular Hbond substituents is 3. The van der Waals surface area contributed by atoms with Crippen molar-refractivity contribution >= 4 is 16.9 Å². The molecular weight excluding hydrogens is 620 g/mol. The van der Waals surface area contributed by atoms with Crippen molar-refractivity contribution in [2.24, 2.45) is 0 Å². The predicted octanol–water partition coefficient (Wildman–Crippen LogP) is -1.20. The number of benzene rings is 2. The minimum Gasteiger partial charge on any atom is -0.507 e. The molecule has 2 fully saturated rings. The molecule has 0 aliphatic carbocycles. The van der Waals surface area contributed by atoms with Crippen LogP contribution in [-0.4, -0.2) is 122 Å². The minimum absolute atomic E-state index is 0.0769. The van der Waals surface area contributed by atoms with Gasteiger partial charge in [0.1, 0.15) is 64.9 Å². The summed E-state index contributed by atoms with van der Waals surface area (Å²) in [5.41, 5.74) is -2.93. The Morgan fingerprint density at radius 1 is 1.00 bits per heavy atom. The number of esters is 1. The van der Waals surface area contributed by atoms with Crippen LogP contribution in [0.2, 0.25) is 0 Å². The molecule has 8 N–H and O–H groups in total. The van der Waals surface area contributed by atoms with E-state index in [0.717, 1.165) is 19.1 Å². The summed E-state index contributed by atoms with van der Waals surface area (Å²) in [4.78, 5) is 24.3. The smallest absolute Gasteiger partial charge is 0.302 e. The molecule has 0 radical (unpaired) electrons. The van der Waals surface area contributed by atoms with Crippen LogP contribution in [0.1, 0.15) is 6.92 Å². The fraction of sp³-hybridized carbons (Fsp3) is 0.448. The van der Waals surface area contributed by atoms with Crippen molar-refractivity contribution in [2.45, 2.75) is 55.6 Å². The lowest BCUT2D eigenvalue weighted by atomic mass is 9.98. The van der Waals surface area contributed by atoms with E-state index in [2.05, 4.69) is 0 Å².